The van der Waals surface area contributed by atoms with Gasteiger partial charge in [0.25, 0.3) is 5.91 Å². The number of carbonyl (C=O) groups is 2. The van der Waals surface area contributed by atoms with Gasteiger partial charge in [0.1, 0.15) is 0 Å². The minimum atomic E-state index is -0.196. The highest BCUT2D eigenvalue weighted by Crippen LogP contribution is 2.34. The molecule has 0 aliphatic heterocycles. The Morgan fingerprint density at radius 3 is 2.53 bits per heavy atom. The molecule has 6 nitrogen and oxygen atoms in total. The van der Waals surface area contributed by atoms with Gasteiger partial charge in [-0.3, -0.25) is 9.59 Å². The zero-order valence-electron chi connectivity index (χ0n) is 17.4. The second kappa shape index (κ2) is 9.08. The molecular weight excluding hydrogens is 400 g/mol. The van der Waals surface area contributed by atoms with Crippen molar-refractivity contribution < 1.29 is 19.1 Å². The highest BCUT2D eigenvalue weighted by atomic mass is 32.1. The summed E-state index contributed by atoms with van der Waals surface area (Å²) in [6, 6.07) is 9.14. The van der Waals surface area contributed by atoms with Gasteiger partial charge >= 0.3 is 0 Å². The van der Waals surface area contributed by atoms with Crippen LogP contribution >= 0.6 is 11.3 Å². The largest absolute Gasteiger partial charge is 0.493 e. The number of hydrogen-bond acceptors (Lipinski definition) is 5. The van der Waals surface area contributed by atoms with Gasteiger partial charge in [0, 0.05) is 5.92 Å². The van der Waals surface area contributed by atoms with Crippen molar-refractivity contribution in [1.82, 2.24) is 5.32 Å². The van der Waals surface area contributed by atoms with Crippen molar-refractivity contribution in [3.8, 4) is 11.5 Å². The summed E-state index contributed by atoms with van der Waals surface area (Å²) < 4.78 is 11.6. The summed E-state index contributed by atoms with van der Waals surface area (Å²) in [4.78, 5) is 25.1. The Hall–Kier alpha value is -2.54. The van der Waals surface area contributed by atoms with Crippen molar-refractivity contribution >= 4 is 28.2 Å². The van der Waals surface area contributed by atoms with Crippen LogP contribution in [-0.4, -0.2) is 25.0 Å². The molecule has 160 valence electrons. The van der Waals surface area contributed by atoms with Gasteiger partial charge in [0.15, 0.2) is 11.5 Å². The fourth-order valence-corrected chi connectivity index (χ4v) is 4.50. The summed E-state index contributed by atoms with van der Waals surface area (Å²) in [5, 5.41) is 6.61. The Morgan fingerprint density at radius 2 is 1.83 bits per heavy atom. The zero-order chi connectivity index (χ0) is 21.1. The lowest BCUT2D eigenvalue weighted by Gasteiger charge is -2.19. The van der Waals surface area contributed by atoms with Crippen LogP contribution in [0, 0.1) is 5.92 Å². The maximum absolute atomic E-state index is 12.7. The van der Waals surface area contributed by atoms with Crippen LogP contribution < -0.4 is 20.1 Å². The van der Waals surface area contributed by atoms with Crippen LogP contribution in [0.15, 0.2) is 30.3 Å². The Morgan fingerprint density at radius 1 is 1.07 bits per heavy atom. The van der Waals surface area contributed by atoms with E-state index in [1.165, 1.54) is 24.2 Å². The first-order chi connectivity index (χ1) is 14.5. The SMILES string of the molecule is COc1cc(C(C)NC(=O)c2ccc(NC(=O)C3CC3)s2)ccc1OC1CCCC1. The van der Waals surface area contributed by atoms with Gasteiger partial charge in [-0.2, -0.15) is 0 Å². The third-order valence-electron chi connectivity index (χ3n) is 5.66. The van der Waals surface area contributed by atoms with Gasteiger partial charge in [-0.1, -0.05) is 6.07 Å². The van der Waals surface area contributed by atoms with E-state index in [4.69, 9.17) is 9.47 Å². The Kier molecular flexibility index (Phi) is 6.27. The molecule has 0 spiro atoms. The van der Waals surface area contributed by atoms with E-state index in [9.17, 15) is 9.59 Å². The van der Waals surface area contributed by atoms with Gasteiger partial charge in [-0.15, -0.1) is 11.3 Å². The average molecular weight is 429 g/mol. The summed E-state index contributed by atoms with van der Waals surface area (Å²) in [5.74, 6) is 1.46. The predicted molar refractivity (Wildman–Crippen MR) is 117 cm³/mol. The molecule has 1 aromatic carbocycles. The minimum Gasteiger partial charge on any atom is -0.493 e. The second-order valence-electron chi connectivity index (χ2n) is 8.06. The topological polar surface area (TPSA) is 76.7 Å². The molecule has 1 unspecified atom stereocenters. The van der Waals surface area contributed by atoms with Crippen LogP contribution in [0.5, 0.6) is 11.5 Å². The Bertz CT molecular complexity index is 916. The molecule has 1 atom stereocenters. The molecule has 2 saturated carbocycles. The average Bonchev–Trinajstić information content (AvgIpc) is 3.28. The third kappa shape index (κ3) is 4.95. The molecule has 0 saturated heterocycles. The van der Waals surface area contributed by atoms with Crippen LogP contribution in [0.4, 0.5) is 5.00 Å². The van der Waals surface area contributed by atoms with E-state index in [1.807, 2.05) is 25.1 Å². The summed E-state index contributed by atoms with van der Waals surface area (Å²) in [5.41, 5.74) is 0.942. The number of hydrogen-bond donors (Lipinski definition) is 2. The van der Waals surface area contributed by atoms with E-state index in [0.717, 1.165) is 37.0 Å². The van der Waals surface area contributed by atoms with Crippen molar-refractivity contribution in [2.75, 3.05) is 12.4 Å². The molecule has 2 aliphatic rings. The summed E-state index contributed by atoms with van der Waals surface area (Å²) in [7, 11) is 1.63. The number of thiophene rings is 1. The quantitative estimate of drug-likeness (QED) is 0.626. The van der Waals surface area contributed by atoms with Crippen LogP contribution in [0.25, 0.3) is 0 Å². The molecule has 2 N–H and O–H groups in total. The fourth-order valence-electron chi connectivity index (χ4n) is 3.68. The first kappa shape index (κ1) is 20.7. The highest BCUT2D eigenvalue weighted by molar-refractivity contribution is 7.18. The van der Waals surface area contributed by atoms with Crippen molar-refractivity contribution in [2.45, 2.75) is 57.6 Å². The van der Waals surface area contributed by atoms with Crippen LogP contribution in [0.1, 0.15) is 66.7 Å². The summed E-state index contributed by atoms with van der Waals surface area (Å²) >= 11 is 1.29. The van der Waals surface area contributed by atoms with E-state index < -0.39 is 0 Å². The minimum absolute atomic E-state index is 0.0455. The van der Waals surface area contributed by atoms with Crippen LogP contribution in [0.3, 0.4) is 0 Å². The van der Waals surface area contributed by atoms with Gasteiger partial charge in [-0.05, 0) is 75.3 Å². The molecule has 0 bridgehead atoms. The first-order valence-electron chi connectivity index (χ1n) is 10.6. The van der Waals surface area contributed by atoms with Crippen molar-refractivity contribution in [2.24, 2.45) is 5.92 Å². The second-order valence-corrected chi connectivity index (χ2v) is 9.14. The zero-order valence-corrected chi connectivity index (χ0v) is 18.2. The highest BCUT2D eigenvalue weighted by Gasteiger charge is 2.30. The van der Waals surface area contributed by atoms with E-state index in [1.54, 1.807) is 19.2 Å². The standard InChI is InChI=1S/C23H28N2O4S/c1-14(16-9-10-18(19(13-16)28-2)29-17-5-3-4-6-17)24-23(27)20-11-12-21(30-20)25-22(26)15-7-8-15/h9-15,17H,3-8H2,1-2H3,(H,24,27)(H,25,26). The Labute approximate surface area is 181 Å². The lowest BCUT2D eigenvalue weighted by molar-refractivity contribution is -0.117. The fraction of sp³-hybridized carbons (Fsp3) is 0.478. The molecule has 1 heterocycles. The third-order valence-corrected chi connectivity index (χ3v) is 6.65. The molecular formula is C23H28N2O4S. The van der Waals surface area contributed by atoms with Gasteiger partial charge in [0.05, 0.1) is 29.1 Å². The molecule has 7 heteroatoms. The molecule has 2 aromatic rings. The number of amides is 2. The summed E-state index contributed by atoms with van der Waals surface area (Å²) in [6.07, 6.45) is 6.76. The lowest BCUT2D eigenvalue weighted by Crippen LogP contribution is -2.26. The number of rotatable bonds is 8. The van der Waals surface area contributed by atoms with E-state index >= 15 is 0 Å². The molecule has 1 aromatic heterocycles. The number of benzene rings is 1. The maximum Gasteiger partial charge on any atom is 0.261 e. The van der Waals surface area contributed by atoms with Gasteiger partial charge in [0.2, 0.25) is 5.91 Å². The smallest absolute Gasteiger partial charge is 0.261 e. The van der Waals surface area contributed by atoms with Crippen LogP contribution in [-0.2, 0) is 4.79 Å². The number of carbonyl (C=O) groups excluding carboxylic acids is 2. The Balaban J connectivity index is 1.37. The maximum atomic E-state index is 12.7. The first-order valence-corrected chi connectivity index (χ1v) is 11.4. The predicted octanol–water partition coefficient (Wildman–Crippen LogP) is 4.92. The number of nitrogens with one attached hydrogen (secondary N) is 2. The molecule has 4 rings (SSSR count). The normalized spacial score (nSPS) is 17.4. The van der Waals surface area contributed by atoms with Gasteiger partial charge < -0.3 is 20.1 Å². The van der Waals surface area contributed by atoms with E-state index in [2.05, 4.69) is 10.6 Å². The molecule has 2 aliphatic carbocycles. The van der Waals surface area contributed by atoms with Crippen LogP contribution in [0.2, 0.25) is 0 Å². The molecule has 2 amide bonds. The molecule has 0 radical (unpaired) electrons. The summed E-state index contributed by atoms with van der Waals surface area (Å²) in [6.45, 7) is 1.94. The van der Waals surface area contributed by atoms with E-state index in [0.29, 0.717) is 15.6 Å². The molecule has 30 heavy (non-hydrogen) atoms. The van der Waals surface area contributed by atoms with Crippen molar-refractivity contribution in [3.05, 3.63) is 40.8 Å². The van der Waals surface area contributed by atoms with Crippen molar-refractivity contribution in [1.29, 1.82) is 0 Å². The molecule has 2 fully saturated rings. The number of methoxy groups -OCH3 is 1. The van der Waals surface area contributed by atoms with E-state index in [-0.39, 0.29) is 29.9 Å². The van der Waals surface area contributed by atoms with Crippen molar-refractivity contribution in [3.63, 3.8) is 0 Å². The monoisotopic (exact) mass is 428 g/mol. The number of ether oxygens (including phenoxy) is 2. The number of anilines is 1. The lowest BCUT2D eigenvalue weighted by atomic mass is 10.1. The van der Waals surface area contributed by atoms with Gasteiger partial charge in [-0.25, -0.2) is 0 Å².